The van der Waals surface area contributed by atoms with Gasteiger partial charge in [-0.15, -0.1) is 10.2 Å². The second kappa shape index (κ2) is 17.2. The van der Waals surface area contributed by atoms with Gasteiger partial charge in [0, 0.05) is 52.7 Å². The van der Waals surface area contributed by atoms with E-state index in [1.807, 2.05) is 30.6 Å². The first kappa shape index (κ1) is 37.6. The van der Waals surface area contributed by atoms with Crippen LogP contribution in [0.15, 0.2) is 226 Å². The molecule has 9 aromatic rings. The van der Waals surface area contributed by atoms with E-state index in [1.165, 1.54) is 0 Å². The highest BCUT2D eigenvalue weighted by molar-refractivity contribution is 5.80. The van der Waals surface area contributed by atoms with Crippen LogP contribution in [-0.4, -0.2) is 24.7 Å². The van der Waals surface area contributed by atoms with E-state index in [1.54, 1.807) is 18.5 Å². The molecule has 0 spiro atoms. The molecule has 9 rings (SSSR count). The lowest BCUT2D eigenvalue weighted by Crippen LogP contribution is -2.00. The van der Waals surface area contributed by atoms with Gasteiger partial charge in [-0.3, -0.25) is 14.5 Å². The summed E-state index contributed by atoms with van der Waals surface area (Å²) < 4.78 is 2.16. The summed E-state index contributed by atoms with van der Waals surface area (Å²) in [6, 6.07) is 59.7. The predicted octanol–water partition coefficient (Wildman–Crippen LogP) is 13.9. The Morgan fingerprint density at radius 2 is 0.867 bits per heavy atom. The summed E-state index contributed by atoms with van der Waals surface area (Å²) in [5.74, 6) is 1.52. The molecule has 5 nitrogen and oxygen atoms in total. The Morgan fingerprint density at radius 1 is 0.450 bits per heavy atom. The molecular formula is C55H41N5. The Kier molecular flexibility index (Phi) is 10.8. The normalized spacial score (nSPS) is 11.5. The third kappa shape index (κ3) is 7.93. The molecule has 6 aromatic carbocycles. The van der Waals surface area contributed by atoms with E-state index in [2.05, 4.69) is 198 Å². The molecule has 0 unspecified atom stereocenters. The minimum atomic E-state index is 0.760. The average molecular weight is 772 g/mol. The van der Waals surface area contributed by atoms with Crippen LogP contribution >= 0.6 is 0 Å². The van der Waals surface area contributed by atoms with Crippen LogP contribution in [0.3, 0.4) is 0 Å². The quantitative estimate of drug-likeness (QED) is 0.123. The van der Waals surface area contributed by atoms with Crippen molar-refractivity contribution in [2.24, 2.45) is 0 Å². The first-order valence-corrected chi connectivity index (χ1v) is 20.0. The molecule has 0 radical (unpaired) electrons. The fourth-order valence-electron chi connectivity index (χ4n) is 7.56. The second-order valence-electron chi connectivity index (χ2n) is 14.4. The molecular weight excluding hydrogens is 731 g/mol. The number of aromatic nitrogens is 5. The van der Waals surface area contributed by atoms with Gasteiger partial charge in [0.05, 0.1) is 0 Å². The van der Waals surface area contributed by atoms with Crippen molar-refractivity contribution in [2.75, 3.05) is 0 Å². The van der Waals surface area contributed by atoms with Crippen LogP contribution in [0.4, 0.5) is 0 Å². The van der Waals surface area contributed by atoms with Crippen molar-refractivity contribution >= 4 is 5.57 Å². The van der Waals surface area contributed by atoms with Gasteiger partial charge in [0.25, 0.3) is 0 Å². The van der Waals surface area contributed by atoms with E-state index in [0.29, 0.717) is 0 Å². The van der Waals surface area contributed by atoms with Gasteiger partial charge in [-0.1, -0.05) is 158 Å². The first-order chi connectivity index (χ1) is 29.6. The maximum atomic E-state index is 4.85. The molecule has 0 bridgehead atoms. The summed E-state index contributed by atoms with van der Waals surface area (Å²) in [4.78, 5) is 8.63. The lowest BCUT2D eigenvalue weighted by Gasteiger charge is -2.13. The summed E-state index contributed by atoms with van der Waals surface area (Å²) >= 11 is 0. The fourth-order valence-corrected chi connectivity index (χ4v) is 7.56. The van der Waals surface area contributed by atoms with Gasteiger partial charge in [0.15, 0.2) is 11.6 Å². The van der Waals surface area contributed by atoms with Gasteiger partial charge in [-0.2, -0.15) is 0 Å². The molecule has 0 aliphatic carbocycles. The SMILES string of the molecule is C=C/C=C\C(=C/C)c1cccc(-c2ccc(-n3c(-c4ccc(-c5cccc(-c6cccnc6)c5)cc4)nnc3-c3ccc(-c4cccc(-c5cccnc5)c4)cc3)cc2)c1. The van der Waals surface area contributed by atoms with Crippen molar-refractivity contribution in [3.63, 3.8) is 0 Å². The number of pyridine rings is 2. The Morgan fingerprint density at radius 3 is 1.32 bits per heavy atom. The van der Waals surface area contributed by atoms with Crippen molar-refractivity contribution in [3.8, 4) is 84.1 Å². The summed E-state index contributed by atoms with van der Waals surface area (Å²) in [5.41, 5.74) is 16.4. The van der Waals surface area contributed by atoms with Crippen molar-refractivity contribution in [1.82, 2.24) is 24.7 Å². The lowest BCUT2D eigenvalue weighted by molar-refractivity contribution is 1.07. The fraction of sp³-hybridized carbons (Fsp3) is 0.0182. The molecule has 0 saturated carbocycles. The van der Waals surface area contributed by atoms with Gasteiger partial charge in [-0.25, -0.2) is 0 Å². The van der Waals surface area contributed by atoms with E-state index < -0.39 is 0 Å². The summed E-state index contributed by atoms with van der Waals surface area (Å²) in [7, 11) is 0. The highest BCUT2D eigenvalue weighted by Gasteiger charge is 2.18. The molecule has 3 aromatic heterocycles. The number of hydrogen-bond donors (Lipinski definition) is 0. The minimum absolute atomic E-state index is 0.760. The van der Waals surface area contributed by atoms with Crippen LogP contribution in [0.5, 0.6) is 0 Å². The van der Waals surface area contributed by atoms with E-state index >= 15 is 0 Å². The zero-order chi connectivity index (χ0) is 40.7. The summed E-state index contributed by atoms with van der Waals surface area (Å²) in [5, 5.41) is 9.69. The smallest absolute Gasteiger partial charge is 0.168 e. The number of allylic oxidation sites excluding steroid dienone is 5. The third-order valence-electron chi connectivity index (χ3n) is 10.7. The van der Waals surface area contributed by atoms with Crippen molar-refractivity contribution in [3.05, 3.63) is 231 Å². The van der Waals surface area contributed by atoms with E-state index in [-0.39, 0.29) is 0 Å². The largest absolute Gasteiger partial charge is 0.275 e. The number of rotatable bonds is 11. The van der Waals surface area contributed by atoms with Crippen LogP contribution < -0.4 is 0 Å². The zero-order valence-corrected chi connectivity index (χ0v) is 33.2. The molecule has 5 heteroatoms. The van der Waals surface area contributed by atoms with Crippen molar-refractivity contribution in [1.29, 1.82) is 0 Å². The molecule has 0 amide bonds. The van der Waals surface area contributed by atoms with Crippen molar-refractivity contribution in [2.45, 2.75) is 6.92 Å². The Bertz CT molecular complexity index is 2820. The molecule has 0 fully saturated rings. The summed E-state index contributed by atoms with van der Waals surface area (Å²) in [6.45, 7) is 5.89. The van der Waals surface area contributed by atoms with Gasteiger partial charge in [0.1, 0.15) is 0 Å². The third-order valence-corrected chi connectivity index (χ3v) is 10.7. The van der Waals surface area contributed by atoms with Crippen LogP contribution in [0.2, 0.25) is 0 Å². The molecule has 0 saturated heterocycles. The Labute approximate surface area is 351 Å². The lowest BCUT2D eigenvalue weighted by atomic mass is 9.98. The molecule has 0 N–H and O–H groups in total. The monoisotopic (exact) mass is 771 g/mol. The van der Waals surface area contributed by atoms with E-state index in [9.17, 15) is 0 Å². The van der Waals surface area contributed by atoms with Crippen LogP contribution in [0, 0.1) is 0 Å². The van der Waals surface area contributed by atoms with Crippen LogP contribution in [0.25, 0.3) is 89.7 Å². The molecule has 0 aliphatic heterocycles. The Balaban J connectivity index is 1.08. The molecule has 0 aliphatic rings. The first-order valence-electron chi connectivity index (χ1n) is 20.0. The van der Waals surface area contributed by atoms with Crippen molar-refractivity contribution < 1.29 is 0 Å². The maximum Gasteiger partial charge on any atom is 0.168 e. The second-order valence-corrected chi connectivity index (χ2v) is 14.4. The Hall–Kier alpha value is -8.02. The summed E-state index contributed by atoms with van der Waals surface area (Å²) in [6.07, 6.45) is 15.4. The van der Waals surface area contributed by atoms with Gasteiger partial charge in [-0.05, 0) is 105 Å². The average Bonchev–Trinajstić information content (AvgIpc) is 3.78. The highest BCUT2D eigenvalue weighted by Crippen LogP contribution is 2.34. The minimum Gasteiger partial charge on any atom is -0.275 e. The predicted molar refractivity (Wildman–Crippen MR) is 248 cm³/mol. The molecule has 0 atom stereocenters. The molecule has 3 heterocycles. The van der Waals surface area contributed by atoms with Gasteiger partial charge in [0.2, 0.25) is 0 Å². The van der Waals surface area contributed by atoms with E-state index in [0.717, 1.165) is 95.2 Å². The topological polar surface area (TPSA) is 56.5 Å². The molecule has 286 valence electrons. The number of nitrogens with zero attached hydrogens (tertiary/aromatic N) is 5. The maximum absolute atomic E-state index is 4.85. The highest BCUT2D eigenvalue weighted by atomic mass is 15.3. The van der Waals surface area contributed by atoms with Gasteiger partial charge >= 0.3 is 0 Å². The van der Waals surface area contributed by atoms with Crippen LogP contribution in [-0.2, 0) is 0 Å². The standard InChI is InChI=1S/C55H41N5/c1-3-5-11-39(4-2)45-12-6-13-46(34-45)42-28-30-53(31-29-42)60-54(43-24-20-40(21-25-43)47-14-7-16-49(35-47)51-18-9-32-56-37-51)58-59-55(60)44-26-22-41(23-27-44)48-15-8-17-50(36-48)52-19-10-33-57-38-52/h3-38H,1H2,2H3/b11-5-,39-4+. The van der Waals surface area contributed by atoms with Gasteiger partial charge < -0.3 is 0 Å². The zero-order valence-electron chi connectivity index (χ0n) is 33.2. The molecule has 60 heavy (non-hydrogen) atoms. The number of benzene rings is 6. The van der Waals surface area contributed by atoms with Crippen LogP contribution in [0.1, 0.15) is 12.5 Å². The van der Waals surface area contributed by atoms with E-state index in [4.69, 9.17) is 10.2 Å². The number of hydrogen-bond acceptors (Lipinski definition) is 4.